The summed E-state index contributed by atoms with van der Waals surface area (Å²) in [5.74, 6) is 0. The summed E-state index contributed by atoms with van der Waals surface area (Å²) >= 11 is 3.80. The van der Waals surface area contributed by atoms with Crippen LogP contribution in [-0.2, 0) is 6.42 Å². The number of hydrogen-bond acceptors (Lipinski definition) is 0. The van der Waals surface area contributed by atoms with Crippen LogP contribution in [0.3, 0.4) is 0 Å². The maximum absolute atomic E-state index is 3.80. The van der Waals surface area contributed by atoms with Crippen molar-refractivity contribution in [1.82, 2.24) is 0 Å². The first kappa shape index (κ1) is 12.4. The van der Waals surface area contributed by atoms with Gasteiger partial charge in [0.25, 0.3) is 0 Å². The summed E-state index contributed by atoms with van der Waals surface area (Å²) in [6, 6.07) is 17.3. The molecule has 2 aromatic carbocycles. The minimum atomic E-state index is 0.394. The van der Waals surface area contributed by atoms with Gasteiger partial charge in [-0.2, -0.15) is 0 Å². The summed E-state index contributed by atoms with van der Waals surface area (Å²) in [4.78, 5) is 0.394. The number of hydrogen-bond donors (Lipinski definition) is 0. The average Bonchev–Trinajstić information content (AvgIpc) is 2.29. The highest BCUT2D eigenvalue weighted by atomic mass is 79.9. The Morgan fingerprint density at radius 2 is 1.76 bits per heavy atom. The van der Waals surface area contributed by atoms with Crippen LogP contribution in [0.1, 0.15) is 27.1 Å². The van der Waals surface area contributed by atoms with Crippen LogP contribution in [0.25, 0.3) is 0 Å². The molecule has 0 saturated carbocycles. The van der Waals surface area contributed by atoms with E-state index in [2.05, 4.69) is 78.3 Å². The second-order valence-electron chi connectivity index (χ2n) is 4.52. The van der Waals surface area contributed by atoms with Crippen LogP contribution in [0.15, 0.2) is 48.5 Å². The molecule has 1 unspecified atom stereocenters. The number of halogens is 1. The molecular weight excluding hydrogens is 272 g/mol. The Bertz CT molecular complexity index is 502. The van der Waals surface area contributed by atoms with Gasteiger partial charge in [0.05, 0.1) is 0 Å². The lowest BCUT2D eigenvalue weighted by Crippen LogP contribution is -1.98. The molecule has 0 N–H and O–H groups in total. The average molecular weight is 289 g/mol. The standard InChI is InChI=1S/C16H17Br/c1-12-6-5-8-14(10-12)11-16(17)15-9-4-3-7-13(15)2/h3-10,16H,11H2,1-2H3. The number of aryl methyl sites for hydroxylation is 2. The molecule has 1 atom stereocenters. The molecule has 0 fully saturated rings. The van der Waals surface area contributed by atoms with Crippen molar-refractivity contribution in [2.45, 2.75) is 25.1 Å². The molecule has 0 aliphatic rings. The zero-order chi connectivity index (χ0) is 12.3. The molecule has 0 nitrogen and oxygen atoms in total. The van der Waals surface area contributed by atoms with Crippen molar-refractivity contribution in [2.24, 2.45) is 0 Å². The lowest BCUT2D eigenvalue weighted by molar-refractivity contribution is 0.936. The Morgan fingerprint density at radius 3 is 2.47 bits per heavy atom. The Kier molecular flexibility index (Phi) is 4.01. The maximum Gasteiger partial charge on any atom is 0.0438 e. The molecule has 0 saturated heterocycles. The van der Waals surface area contributed by atoms with Crippen molar-refractivity contribution in [2.75, 3.05) is 0 Å². The second kappa shape index (κ2) is 5.50. The molecule has 0 radical (unpaired) electrons. The first-order valence-corrected chi connectivity index (χ1v) is 6.83. The summed E-state index contributed by atoms with van der Waals surface area (Å²) in [7, 11) is 0. The largest absolute Gasteiger partial charge is 0.0835 e. The van der Waals surface area contributed by atoms with Gasteiger partial charge < -0.3 is 0 Å². The topological polar surface area (TPSA) is 0 Å². The molecule has 0 bridgehead atoms. The summed E-state index contributed by atoms with van der Waals surface area (Å²) in [6.45, 7) is 4.31. The van der Waals surface area contributed by atoms with Crippen molar-refractivity contribution < 1.29 is 0 Å². The summed E-state index contributed by atoms with van der Waals surface area (Å²) in [5, 5.41) is 0. The van der Waals surface area contributed by atoms with Crippen molar-refractivity contribution in [3.8, 4) is 0 Å². The summed E-state index contributed by atoms with van der Waals surface area (Å²) in [6.07, 6.45) is 1.03. The third-order valence-electron chi connectivity index (χ3n) is 3.02. The van der Waals surface area contributed by atoms with Crippen molar-refractivity contribution in [3.05, 3.63) is 70.8 Å². The van der Waals surface area contributed by atoms with Gasteiger partial charge in [0.2, 0.25) is 0 Å². The van der Waals surface area contributed by atoms with Gasteiger partial charge in [-0.25, -0.2) is 0 Å². The first-order chi connectivity index (χ1) is 8.16. The highest BCUT2D eigenvalue weighted by Crippen LogP contribution is 2.29. The SMILES string of the molecule is Cc1cccc(CC(Br)c2ccccc2C)c1. The lowest BCUT2D eigenvalue weighted by Gasteiger charge is -2.13. The first-order valence-electron chi connectivity index (χ1n) is 5.92. The van der Waals surface area contributed by atoms with Crippen LogP contribution < -0.4 is 0 Å². The Labute approximate surface area is 112 Å². The molecule has 2 aromatic rings. The molecule has 0 amide bonds. The fraction of sp³-hybridized carbons (Fsp3) is 0.250. The predicted molar refractivity (Wildman–Crippen MR) is 77.7 cm³/mol. The van der Waals surface area contributed by atoms with E-state index in [-0.39, 0.29) is 0 Å². The monoisotopic (exact) mass is 288 g/mol. The molecule has 0 heterocycles. The highest BCUT2D eigenvalue weighted by Gasteiger charge is 2.10. The number of alkyl halides is 1. The van der Waals surface area contributed by atoms with Gasteiger partial charge >= 0.3 is 0 Å². The second-order valence-corrected chi connectivity index (χ2v) is 5.62. The molecule has 0 spiro atoms. The fourth-order valence-electron chi connectivity index (χ4n) is 2.09. The van der Waals surface area contributed by atoms with Gasteiger partial charge in [0.1, 0.15) is 0 Å². The third-order valence-corrected chi connectivity index (χ3v) is 3.84. The Hall–Kier alpha value is -1.08. The van der Waals surface area contributed by atoms with Crippen molar-refractivity contribution >= 4 is 15.9 Å². The van der Waals surface area contributed by atoms with Crippen molar-refractivity contribution in [1.29, 1.82) is 0 Å². The maximum atomic E-state index is 3.80. The molecular formula is C16H17Br. The van der Waals surface area contributed by atoms with Gasteiger partial charge in [0.15, 0.2) is 0 Å². The van der Waals surface area contributed by atoms with Crippen LogP contribution in [0.5, 0.6) is 0 Å². The normalized spacial score (nSPS) is 12.4. The Balaban J connectivity index is 2.17. The smallest absolute Gasteiger partial charge is 0.0438 e. The Morgan fingerprint density at radius 1 is 1.00 bits per heavy atom. The van der Waals surface area contributed by atoms with Gasteiger partial charge in [-0.3, -0.25) is 0 Å². The minimum Gasteiger partial charge on any atom is -0.0835 e. The fourth-order valence-corrected chi connectivity index (χ4v) is 2.98. The molecule has 17 heavy (non-hydrogen) atoms. The van der Waals surface area contributed by atoms with Gasteiger partial charge in [-0.05, 0) is 37.0 Å². The van der Waals surface area contributed by atoms with Crippen molar-refractivity contribution in [3.63, 3.8) is 0 Å². The van der Waals surface area contributed by atoms with Crippen LogP contribution >= 0.6 is 15.9 Å². The van der Waals surface area contributed by atoms with Gasteiger partial charge in [-0.15, -0.1) is 0 Å². The van der Waals surface area contributed by atoms with E-state index in [1.807, 2.05) is 0 Å². The molecule has 0 aliphatic heterocycles. The van der Waals surface area contributed by atoms with E-state index in [1.165, 1.54) is 22.3 Å². The van der Waals surface area contributed by atoms with E-state index in [9.17, 15) is 0 Å². The molecule has 1 heteroatoms. The molecule has 0 aromatic heterocycles. The van der Waals surface area contributed by atoms with Crippen LogP contribution in [-0.4, -0.2) is 0 Å². The van der Waals surface area contributed by atoms with E-state index in [0.29, 0.717) is 4.83 Å². The third kappa shape index (κ3) is 3.19. The number of rotatable bonds is 3. The van der Waals surface area contributed by atoms with E-state index < -0.39 is 0 Å². The lowest BCUT2D eigenvalue weighted by atomic mass is 10.00. The molecule has 88 valence electrons. The summed E-state index contributed by atoms with van der Waals surface area (Å²) < 4.78 is 0. The highest BCUT2D eigenvalue weighted by molar-refractivity contribution is 9.09. The van der Waals surface area contributed by atoms with Crippen LogP contribution in [0.4, 0.5) is 0 Å². The summed E-state index contributed by atoms with van der Waals surface area (Å²) in [5.41, 5.74) is 5.44. The van der Waals surface area contributed by atoms with E-state index in [1.54, 1.807) is 0 Å². The van der Waals surface area contributed by atoms with Crippen LogP contribution in [0.2, 0.25) is 0 Å². The molecule has 0 aliphatic carbocycles. The predicted octanol–water partition coefficient (Wildman–Crippen LogP) is 4.98. The zero-order valence-electron chi connectivity index (χ0n) is 10.3. The van der Waals surface area contributed by atoms with E-state index in [4.69, 9.17) is 0 Å². The van der Waals surface area contributed by atoms with Crippen LogP contribution in [0, 0.1) is 13.8 Å². The number of benzene rings is 2. The van der Waals surface area contributed by atoms with Gasteiger partial charge in [0, 0.05) is 4.83 Å². The van der Waals surface area contributed by atoms with E-state index >= 15 is 0 Å². The quantitative estimate of drug-likeness (QED) is 0.699. The van der Waals surface area contributed by atoms with E-state index in [0.717, 1.165) is 6.42 Å². The molecule has 2 rings (SSSR count). The van der Waals surface area contributed by atoms with Gasteiger partial charge in [-0.1, -0.05) is 70.0 Å². The zero-order valence-corrected chi connectivity index (χ0v) is 11.9. The minimum absolute atomic E-state index is 0.394.